The van der Waals surface area contributed by atoms with E-state index in [1.807, 2.05) is 48.9 Å². The van der Waals surface area contributed by atoms with Crippen LogP contribution in [0.25, 0.3) is 10.9 Å². The average molecular weight is 322 g/mol. The Morgan fingerprint density at radius 1 is 1.29 bits per heavy atom. The van der Waals surface area contributed by atoms with Gasteiger partial charge in [0.1, 0.15) is 0 Å². The van der Waals surface area contributed by atoms with E-state index in [4.69, 9.17) is 0 Å². The third-order valence-corrected chi connectivity index (χ3v) is 4.22. The fraction of sp³-hybridized carbons (Fsp3) is 0.316. The number of imidazole rings is 1. The molecule has 2 heterocycles. The first-order valence-corrected chi connectivity index (χ1v) is 8.18. The number of hydrogen-bond acceptors (Lipinski definition) is 3. The second-order valence-corrected chi connectivity index (χ2v) is 6.24. The summed E-state index contributed by atoms with van der Waals surface area (Å²) in [4.78, 5) is 21.2. The van der Waals surface area contributed by atoms with Crippen molar-refractivity contribution in [2.24, 2.45) is 0 Å². The van der Waals surface area contributed by atoms with Crippen LogP contribution in [0.5, 0.6) is 0 Å². The van der Waals surface area contributed by atoms with Crippen molar-refractivity contribution in [2.45, 2.75) is 33.2 Å². The maximum absolute atomic E-state index is 12.6. The molecule has 0 aliphatic rings. The van der Waals surface area contributed by atoms with Crippen LogP contribution in [0.15, 0.2) is 43.0 Å². The van der Waals surface area contributed by atoms with Gasteiger partial charge >= 0.3 is 0 Å². The third-order valence-electron chi connectivity index (χ3n) is 4.22. The molecule has 0 spiro atoms. The van der Waals surface area contributed by atoms with Crippen LogP contribution >= 0.6 is 0 Å². The number of fused-ring (bicyclic) bond motifs is 1. The molecule has 0 aliphatic heterocycles. The lowest BCUT2D eigenvalue weighted by atomic mass is 10.0. The number of hydrogen-bond donors (Lipinski definition) is 1. The predicted octanol–water partition coefficient (Wildman–Crippen LogP) is 3.43. The largest absolute Gasteiger partial charge is 0.352 e. The van der Waals surface area contributed by atoms with E-state index in [2.05, 4.69) is 22.2 Å². The van der Waals surface area contributed by atoms with Crippen molar-refractivity contribution < 1.29 is 4.79 Å². The molecule has 0 radical (unpaired) electrons. The van der Waals surface area contributed by atoms with Crippen LogP contribution in [0.3, 0.4) is 0 Å². The molecule has 5 heteroatoms. The second kappa shape index (κ2) is 6.83. The molecule has 124 valence electrons. The number of nitrogens with zero attached hydrogens (tertiary/aromatic N) is 3. The Morgan fingerprint density at radius 2 is 2.12 bits per heavy atom. The standard InChI is InChI=1S/C19H22N4O/c1-13-4-5-18-16(10-13)17(11-14(2)22-18)19(24)21-7-6-15(3)23-9-8-20-12-23/h4-5,8-12,15H,6-7H2,1-3H3,(H,21,24). The minimum atomic E-state index is -0.0473. The van der Waals surface area contributed by atoms with Crippen LogP contribution < -0.4 is 5.32 Å². The number of pyridine rings is 1. The van der Waals surface area contributed by atoms with Crippen LogP contribution in [0.4, 0.5) is 0 Å². The van der Waals surface area contributed by atoms with E-state index in [-0.39, 0.29) is 5.91 Å². The number of carbonyl (C=O) groups excluding carboxylic acids is 1. The van der Waals surface area contributed by atoms with Gasteiger partial charge in [0.15, 0.2) is 0 Å². The summed E-state index contributed by atoms with van der Waals surface area (Å²) in [6.07, 6.45) is 6.36. The lowest BCUT2D eigenvalue weighted by Gasteiger charge is -2.14. The van der Waals surface area contributed by atoms with Crippen LogP contribution in [-0.2, 0) is 0 Å². The van der Waals surface area contributed by atoms with E-state index in [9.17, 15) is 4.79 Å². The van der Waals surface area contributed by atoms with Gasteiger partial charge in [0, 0.05) is 36.1 Å². The first kappa shape index (κ1) is 16.2. The van der Waals surface area contributed by atoms with Gasteiger partial charge in [-0.3, -0.25) is 9.78 Å². The summed E-state index contributed by atoms with van der Waals surface area (Å²) in [5.41, 5.74) is 3.52. The zero-order valence-corrected chi connectivity index (χ0v) is 14.3. The van der Waals surface area contributed by atoms with Crippen molar-refractivity contribution in [3.63, 3.8) is 0 Å². The molecular weight excluding hydrogens is 300 g/mol. The summed E-state index contributed by atoms with van der Waals surface area (Å²) in [5, 5.41) is 3.93. The molecule has 0 saturated carbocycles. The van der Waals surface area contributed by atoms with E-state index in [1.165, 1.54) is 0 Å². The molecule has 1 N–H and O–H groups in total. The maximum Gasteiger partial charge on any atom is 0.252 e. The van der Waals surface area contributed by atoms with Crippen LogP contribution in [0, 0.1) is 13.8 Å². The van der Waals surface area contributed by atoms with Gasteiger partial charge in [0.25, 0.3) is 5.91 Å². The summed E-state index contributed by atoms with van der Waals surface area (Å²) in [6.45, 7) is 6.67. The first-order chi connectivity index (χ1) is 11.5. The molecular formula is C19H22N4O. The van der Waals surface area contributed by atoms with E-state index >= 15 is 0 Å². The van der Waals surface area contributed by atoms with Crippen molar-refractivity contribution in [3.8, 4) is 0 Å². The van der Waals surface area contributed by atoms with Crippen LogP contribution in [0.2, 0.25) is 0 Å². The third kappa shape index (κ3) is 3.45. The number of carbonyl (C=O) groups is 1. The Morgan fingerprint density at radius 3 is 2.88 bits per heavy atom. The molecule has 24 heavy (non-hydrogen) atoms. The number of aryl methyl sites for hydroxylation is 2. The average Bonchev–Trinajstić information content (AvgIpc) is 3.09. The van der Waals surface area contributed by atoms with Gasteiger partial charge in [-0.25, -0.2) is 4.98 Å². The normalized spacial score (nSPS) is 12.3. The smallest absolute Gasteiger partial charge is 0.252 e. The number of amides is 1. The minimum absolute atomic E-state index is 0.0473. The molecule has 1 aromatic carbocycles. The van der Waals surface area contributed by atoms with Gasteiger partial charge < -0.3 is 9.88 Å². The van der Waals surface area contributed by atoms with Gasteiger partial charge in [-0.1, -0.05) is 11.6 Å². The lowest BCUT2D eigenvalue weighted by Crippen LogP contribution is -2.26. The van der Waals surface area contributed by atoms with Crippen LogP contribution in [-0.4, -0.2) is 27.0 Å². The number of aromatic nitrogens is 3. The molecule has 3 aromatic rings. The van der Waals surface area contributed by atoms with Gasteiger partial charge in [0.2, 0.25) is 0 Å². The van der Waals surface area contributed by atoms with Gasteiger partial charge in [-0.2, -0.15) is 0 Å². The molecule has 5 nitrogen and oxygen atoms in total. The number of nitrogens with one attached hydrogen (secondary N) is 1. The predicted molar refractivity (Wildman–Crippen MR) is 95.1 cm³/mol. The topological polar surface area (TPSA) is 59.8 Å². The van der Waals surface area contributed by atoms with E-state index in [0.29, 0.717) is 18.2 Å². The quantitative estimate of drug-likeness (QED) is 0.783. The van der Waals surface area contributed by atoms with Crippen molar-refractivity contribution in [3.05, 3.63) is 59.8 Å². The van der Waals surface area contributed by atoms with Crippen molar-refractivity contribution >= 4 is 16.8 Å². The SMILES string of the molecule is Cc1ccc2nc(C)cc(C(=O)NCCC(C)n3ccnc3)c2c1. The molecule has 0 bridgehead atoms. The summed E-state index contributed by atoms with van der Waals surface area (Å²) in [5.74, 6) is -0.0473. The molecule has 3 rings (SSSR count). The summed E-state index contributed by atoms with van der Waals surface area (Å²) < 4.78 is 2.04. The Bertz CT molecular complexity index is 855. The van der Waals surface area contributed by atoms with Crippen molar-refractivity contribution in [1.29, 1.82) is 0 Å². The Labute approximate surface area is 141 Å². The molecule has 0 aliphatic carbocycles. The molecule has 0 saturated heterocycles. The van der Waals surface area contributed by atoms with E-state index < -0.39 is 0 Å². The van der Waals surface area contributed by atoms with Crippen molar-refractivity contribution in [1.82, 2.24) is 19.9 Å². The van der Waals surface area contributed by atoms with Crippen LogP contribution in [0.1, 0.15) is 41.0 Å². The van der Waals surface area contributed by atoms with Gasteiger partial charge in [0.05, 0.1) is 17.4 Å². The first-order valence-electron chi connectivity index (χ1n) is 8.18. The summed E-state index contributed by atoms with van der Waals surface area (Å²) in [7, 11) is 0. The van der Waals surface area contributed by atoms with Crippen molar-refractivity contribution in [2.75, 3.05) is 6.54 Å². The molecule has 0 fully saturated rings. The Kier molecular flexibility index (Phi) is 4.60. The maximum atomic E-state index is 12.6. The number of benzene rings is 1. The molecule has 2 aromatic heterocycles. The van der Waals surface area contributed by atoms with Gasteiger partial charge in [-0.05, 0) is 45.4 Å². The lowest BCUT2D eigenvalue weighted by molar-refractivity contribution is 0.0953. The second-order valence-electron chi connectivity index (χ2n) is 6.24. The summed E-state index contributed by atoms with van der Waals surface area (Å²) in [6, 6.07) is 8.16. The van der Waals surface area contributed by atoms with Gasteiger partial charge in [-0.15, -0.1) is 0 Å². The monoisotopic (exact) mass is 322 g/mol. The molecule has 1 unspecified atom stereocenters. The fourth-order valence-electron chi connectivity index (χ4n) is 2.83. The summed E-state index contributed by atoms with van der Waals surface area (Å²) >= 11 is 0. The fourth-order valence-corrected chi connectivity index (χ4v) is 2.83. The highest BCUT2D eigenvalue weighted by Crippen LogP contribution is 2.20. The molecule has 1 amide bonds. The highest BCUT2D eigenvalue weighted by atomic mass is 16.1. The zero-order valence-electron chi connectivity index (χ0n) is 14.3. The Hall–Kier alpha value is -2.69. The highest BCUT2D eigenvalue weighted by molar-refractivity contribution is 6.06. The number of rotatable bonds is 5. The zero-order chi connectivity index (χ0) is 17.1. The minimum Gasteiger partial charge on any atom is -0.352 e. The van der Waals surface area contributed by atoms with E-state index in [1.54, 1.807) is 12.5 Å². The van der Waals surface area contributed by atoms with E-state index in [0.717, 1.165) is 28.6 Å². The Balaban J connectivity index is 1.73. The highest BCUT2D eigenvalue weighted by Gasteiger charge is 2.12. The molecule has 1 atom stereocenters.